The van der Waals surface area contributed by atoms with Crippen molar-refractivity contribution >= 4 is 11.2 Å². The lowest BCUT2D eigenvalue weighted by Crippen LogP contribution is -2.14. The Bertz CT molecular complexity index is 807. The molecule has 1 aromatic carbocycles. The van der Waals surface area contributed by atoms with E-state index in [1.807, 2.05) is 24.3 Å². The Morgan fingerprint density at radius 1 is 1.22 bits per heavy atom. The highest BCUT2D eigenvalue weighted by atomic mass is 19.1. The third-order valence-corrected chi connectivity index (χ3v) is 4.32. The first-order valence-electron chi connectivity index (χ1n) is 7.92. The maximum atomic E-state index is 13.1. The molecule has 1 saturated heterocycles. The quantitative estimate of drug-likeness (QED) is 0.743. The largest absolute Gasteiger partial charge is 0.381 e. The highest BCUT2D eigenvalue weighted by Gasteiger charge is 2.20. The lowest BCUT2D eigenvalue weighted by Gasteiger charge is -2.12. The van der Waals surface area contributed by atoms with Gasteiger partial charge in [0.25, 0.3) is 0 Å². The Morgan fingerprint density at radius 3 is 2.87 bits per heavy atom. The molecule has 1 unspecified atom stereocenters. The van der Waals surface area contributed by atoms with Crippen molar-refractivity contribution in [2.75, 3.05) is 13.2 Å². The number of aromatic nitrogens is 3. The number of benzene rings is 1. The number of nitrogens with zero attached hydrogens (tertiary/aromatic N) is 3. The molecule has 118 valence electrons. The fourth-order valence-electron chi connectivity index (χ4n) is 3.10. The molecule has 0 bridgehead atoms. The van der Waals surface area contributed by atoms with Crippen molar-refractivity contribution < 1.29 is 9.13 Å². The average molecular weight is 311 g/mol. The third-order valence-electron chi connectivity index (χ3n) is 4.32. The van der Waals surface area contributed by atoms with E-state index in [0.29, 0.717) is 12.3 Å². The predicted octanol–water partition coefficient (Wildman–Crippen LogP) is 3.20. The van der Waals surface area contributed by atoms with Crippen LogP contribution in [-0.2, 0) is 17.7 Å². The van der Waals surface area contributed by atoms with Gasteiger partial charge in [0.15, 0.2) is 5.65 Å². The molecule has 0 amide bonds. The summed E-state index contributed by atoms with van der Waals surface area (Å²) in [5, 5.41) is 0. The molecule has 3 aromatic rings. The van der Waals surface area contributed by atoms with Crippen molar-refractivity contribution in [3.63, 3.8) is 0 Å². The summed E-state index contributed by atoms with van der Waals surface area (Å²) in [6.45, 7) is 2.49. The first-order valence-corrected chi connectivity index (χ1v) is 7.92. The standard InChI is InChI=1S/C18H18FN3O/c19-15-5-3-13(4-6-15)10-17-21-16-2-1-8-20-18(16)22(17)11-14-7-9-23-12-14/h1-6,8,14H,7,9-12H2. The van der Waals surface area contributed by atoms with Crippen molar-refractivity contribution in [3.05, 3.63) is 59.8 Å². The highest BCUT2D eigenvalue weighted by molar-refractivity contribution is 5.71. The van der Waals surface area contributed by atoms with Crippen molar-refractivity contribution in [1.82, 2.24) is 14.5 Å². The molecule has 0 aliphatic carbocycles. The van der Waals surface area contributed by atoms with Gasteiger partial charge in [0, 0.05) is 31.7 Å². The van der Waals surface area contributed by atoms with Crippen LogP contribution in [0.2, 0.25) is 0 Å². The van der Waals surface area contributed by atoms with E-state index < -0.39 is 0 Å². The van der Waals surface area contributed by atoms with Gasteiger partial charge < -0.3 is 9.30 Å². The molecule has 0 N–H and O–H groups in total. The van der Waals surface area contributed by atoms with Gasteiger partial charge in [-0.2, -0.15) is 0 Å². The highest BCUT2D eigenvalue weighted by Crippen LogP contribution is 2.22. The van der Waals surface area contributed by atoms with Crippen molar-refractivity contribution in [2.45, 2.75) is 19.4 Å². The maximum Gasteiger partial charge on any atom is 0.160 e. The van der Waals surface area contributed by atoms with Crippen molar-refractivity contribution in [1.29, 1.82) is 0 Å². The first kappa shape index (κ1) is 14.3. The van der Waals surface area contributed by atoms with Crippen LogP contribution in [0.3, 0.4) is 0 Å². The summed E-state index contributed by atoms with van der Waals surface area (Å²) in [5.74, 6) is 1.26. The minimum Gasteiger partial charge on any atom is -0.381 e. The number of pyridine rings is 1. The minimum atomic E-state index is -0.216. The van der Waals surface area contributed by atoms with Crippen LogP contribution in [0.1, 0.15) is 17.8 Å². The van der Waals surface area contributed by atoms with Crippen molar-refractivity contribution in [2.24, 2.45) is 5.92 Å². The van der Waals surface area contributed by atoms with Crippen LogP contribution >= 0.6 is 0 Å². The Morgan fingerprint density at radius 2 is 2.09 bits per heavy atom. The van der Waals surface area contributed by atoms with E-state index in [4.69, 9.17) is 9.72 Å². The van der Waals surface area contributed by atoms with Crippen LogP contribution in [0.4, 0.5) is 4.39 Å². The molecule has 1 atom stereocenters. The van der Waals surface area contributed by atoms with Gasteiger partial charge in [0.05, 0.1) is 6.61 Å². The van der Waals surface area contributed by atoms with Crippen LogP contribution in [0.5, 0.6) is 0 Å². The van der Waals surface area contributed by atoms with E-state index in [0.717, 1.165) is 48.7 Å². The fourth-order valence-corrected chi connectivity index (χ4v) is 3.10. The normalized spacial score (nSPS) is 17.9. The molecule has 5 heteroatoms. The summed E-state index contributed by atoms with van der Waals surface area (Å²) in [6, 6.07) is 10.5. The van der Waals surface area contributed by atoms with Crippen LogP contribution in [-0.4, -0.2) is 27.7 Å². The zero-order valence-electron chi connectivity index (χ0n) is 12.8. The molecule has 1 fully saturated rings. The maximum absolute atomic E-state index is 13.1. The second kappa shape index (κ2) is 6.08. The van der Waals surface area contributed by atoms with Crippen LogP contribution < -0.4 is 0 Å². The number of rotatable bonds is 4. The number of hydrogen-bond donors (Lipinski definition) is 0. The minimum absolute atomic E-state index is 0.216. The zero-order chi connectivity index (χ0) is 15.6. The van der Waals surface area contributed by atoms with Gasteiger partial charge in [0.1, 0.15) is 17.2 Å². The summed E-state index contributed by atoms with van der Waals surface area (Å²) >= 11 is 0. The molecule has 1 aliphatic heterocycles. The fraction of sp³-hybridized carbons (Fsp3) is 0.333. The van der Waals surface area contributed by atoms with Gasteiger partial charge in [-0.25, -0.2) is 14.4 Å². The summed E-state index contributed by atoms with van der Waals surface area (Å²) < 4.78 is 20.8. The lowest BCUT2D eigenvalue weighted by atomic mass is 10.1. The molecular formula is C18H18FN3O. The average Bonchev–Trinajstić information content (AvgIpc) is 3.19. The molecule has 4 nitrogen and oxygen atoms in total. The Labute approximate surface area is 133 Å². The van der Waals surface area contributed by atoms with Crippen LogP contribution in [0, 0.1) is 11.7 Å². The Hall–Kier alpha value is -2.27. The molecule has 3 heterocycles. The molecule has 0 spiro atoms. The van der Waals surface area contributed by atoms with Crippen molar-refractivity contribution in [3.8, 4) is 0 Å². The second-order valence-electron chi connectivity index (χ2n) is 6.02. The number of ether oxygens (including phenoxy) is 1. The zero-order valence-corrected chi connectivity index (χ0v) is 12.8. The summed E-state index contributed by atoms with van der Waals surface area (Å²) in [4.78, 5) is 9.24. The van der Waals surface area contributed by atoms with Crippen LogP contribution in [0.25, 0.3) is 11.2 Å². The summed E-state index contributed by atoms with van der Waals surface area (Å²) in [5.41, 5.74) is 2.87. The second-order valence-corrected chi connectivity index (χ2v) is 6.02. The number of halogens is 1. The molecular weight excluding hydrogens is 293 g/mol. The predicted molar refractivity (Wildman–Crippen MR) is 85.7 cm³/mol. The van der Waals surface area contributed by atoms with Gasteiger partial charge in [-0.15, -0.1) is 0 Å². The topological polar surface area (TPSA) is 39.9 Å². The van der Waals surface area contributed by atoms with Gasteiger partial charge in [-0.1, -0.05) is 12.1 Å². The van der Waals surface area contributed by atoms with E-state index >= 15 is 0 Å². The molecule has 0 radical (unpaired) electrons. The third kappa shape index (κ3) is 2.97. The van der Waals surface area contributed by atoms with Gasteiger partial charge in [0.2, 0.25) is 0 Å². The number of imidazole rings is 1. The van der Waals surface area contributed by atoms with Crippen LogP contribution in [0.15, 0.2) is 42.6 Å². The SMILES string of the molecule is Fc1ccc(Cc2nc3cccnc3n2CC2CCOC2)cc1. The Kier molecular flexibility index (Phi) is 3.79. The Balaban J connectivity index is 1.70. The lowest BCUT2D eigenvalue weighted by molar-refractivity contribution is 0.182. The monoisotopic (exact) mass is 311 g/mol. The smallest absolute Gasteiger partial charge is 0.160 e. The number of fused-ring (bicyclic) bond motifs is 1. The molecule has 1 aliphatic rings. The van der Waals surface area contributed by atoms with E-state index in [-0.39, 0.29) is 5.82 Å². The molecule has 2 aromatic heterocycles. The van der Waals surface area contributed by atoms with E-state index in [9.17, 15) is 4.39 Å². The van der Waals surface area contributed by atoms with Gasteiger partial charge >= 0.3 is 0 Å². The first-order chi connectivity index (χ1) is 11.3. The summed E-state index contributed by atoms with van der Waals surface area (Å²) in [6.07, 6.45) is 3.54. The number of hydrogen-bond acceptors (Lipinski definition) is 3. The summed E-state index contributed by atoms with van der Waals surface area (Å²) in [7, 11) is 0. The van der Waals surface area contributed by atoms with E-state index in [2.05, 4.69) is 9.55 Å². The van der Waals surface area contributed by atoms with Gasteiger partial charge in [-0.3, -0.25) is 0 Å². The molecule has 23 heavy (non-hydrogen) atoms. The molecule has 4 rings (SSSR count). The van der Waals surface area contributed by atoms with E-state index in [1.54, 1.807) is 6.20 Å². The molecule has 0 saturated carbocycles. The van der Waals surface area contributed by atoms with Gasteiger partial charge in [-0.05, 0) is 36.2 Å². The van der Waals surface area contributed by atoms with E-state index in [1.165, 1.54) is 12.1 Å².